The maximum atomic E-state index is 15.1. The van der Waals surface area contributed by atoms with E-state index in [0.29, 0.717) is 50.7 Å². The van der Waals surface area contributed by atoms with Crippen LogP contribution < -0.4 is 10.6 Å². The molecule has 2 aliphatic rings. The third-order valence-electron chi connectivity index (χ3n) is 13.7. The van der Waals surface area contributed by atoms with Crippen LogP contribution in [0.4, 0.5) is 13.6 Å². The first-order valence-corrected chi connectivity index (χ1v) is 24.6. The second-order valence-corrected chi connectivity index (χ2v) is 20.1. The van der Waals surface area contributed by atoms with Gasteiger partial charge in [0.15, 0.2) is 0 Å². The zero-order chi connectivity index (χ0) is 53.8. The third kappa shape index (κ3) is 12.8. The van der Waals surface area contributed by atoms with Gasteiger partial charge in [0, 0.05) is 74.7 Å². The van der Waals surface area contributed by atoms with Crippen molar-refractivity contribution in [2.24, 2.45) is 0 Å². The van der Waals surface area contributed by atoms with Gasteiger partial charge in [-0.2, -0.15) is 0 Å². The van der Waals surface area contributed by atoms with Gasteiger partial charge in [0.1, 0.15) is 53.6 Å². The van der Waals surface area contributed by atoms with Crippen molar-refractivity contribution in [3.63, 3.8) is 0 Å². The second-order valence-electron chi connectivity index (χ2n) is 20.1. The van der Waals surface area contributed by atoms with Crippen LogP contribution in [-0.4, -0.2) is 159 Å². The highest BCUT2D eigenvalue weighted by atomic mass is 19.1. The summed E-state index contributed by atoms with van der Waals surface area (Å²) in [5.74, 6) is -4.22. The Morgan fingerprint density at radius 1 is 0.726 bits per heavy atom. The van der Waals surface area contributed by atoms with Crippen molar-refractivity contribution in [2.75, 3.05) is 27.2 Å². The molecule has 2 saturated heterocycles. The lowest BCUT2D eigenvalue weighted by atomic mass is 9.94. The van der Waals surface area contributed by atoms with Gasteiger partial charge in [-0.25, -0.2) is 13.6 Å². The maximum absolute atomic E-state index is 15.1. The molecule has 4 N–H and O–H groups in total. The van der Waals surface area contributed by atoms with Crippen LogP contribution in [0.1, 0.15) is 99.1 Å². The van der Waals surface area contributed by atoms with Crippen molar-refractivity contribution < 1.29 is 61.3 Å². The Kier molecular flexibility index (Phi) is 17.2. The summed E-state index contributed by atoms with van der Waals surface area (Å²) in [4.78, 5) is 117. The summed E-state index contributed by atoms with van der Waals surface area (Å²) >= 11 is 0. The van der Waals surface area contributed by atoms with Gasteiger partial charge < -0.3 is 49.5 Å². The van der Waals surface area contributed by atoms with E-state index in [1.54, 1.807) is 56.6 Å². The van der Waals surface area contributed by atoms with Crippen molar-refractivity contribution in [1.82, 2.24) is 40.2 Å². The predicted molar refractivity (Wildman–Crippen MR) is 265 cm³/mol. The number of likely N-dealkylation sites (tertiary alicyclic amines) is 2. The Hall–Kier alpha value is -7.06. The number of fused-ring (bicyclic) bond motifs is 2. The Morgan fingerprint density at radius 3 is 1.51 bits per heavy atom. The SMILES string of the molecule is CCC(NC(=O)[C@H](C)N(C)C=O)C(=O)N1CC(OC(C)=O)CC1Cc1c(-c2[nH]c3cc(F)ccc3c2CC2CC(OC(C)=O)CN2C(=O)C(CC)NC(=O)[C@H](C)N(C)C(=O)OC(C)(C)C)[nH]c2cc(F)ccc12. The number of hydrogen-bond donors (Lipinski definition) is 4. The van der Waals surface area contributed by atoms with Crippen LogP contribution in [0.15, 0.2) is 36.4 Å². The fourth-order valence-electron chi connectivity index (χ4n) is 9.70. The van der Waals surface area contributed by atoms with E-state index in [-0.39, 0.29) is 51.6 Å². The van der Waals surface area contributed by atoms with Crippen LogP contribution in [0.25, 0.3) is 33.2 Å². The Balaban J connectivity index is 1.40. The third-order valence-corrected chi connectivity index (χ3v) is 13.7. The van der Waals surface area contributed by atoms with Crippen LogP contribution in [0.3, 0.4) is 0 Å². The van der Waals surface area contributed by atoms with Crippen molar-refractivity contribution in [2.45, 2.75) is 155 Å². The number of ether oxygens (including phenoxy) is 3. The molecule has 4 aromatic rings. The van der Waals surface area contributed by atoms with E-state index in [9.17, 15) is 38.4 Å². The lowest BCUT2D eigenvalue weighted by molar-refractivity contribution is -0.147. The number of rotatable bonds is 18. The van der Waals surface area contributed by atoms with Crippen molar-refractivity contribution >= 4 is 69.9 Å². The fourth-order valence-corrected chi connectivity index (χ4v) is 9.70. The molecular weight excluding hydrogens is 951 g/mol. The molecule has 6 rings (SSSR count). The summed E-state index contributed by atoms with van der Waals surface area (Å²) in [5.41, 5.74) is 2.18. The molecule has 0 spiro atoms. The van der Waals surface area contributed by atoms with E-state index in [1.807, 2.05) is 0 Å². The van der Waals surface area contributed by atoms with Gasteiger partial charge in [-0.15, -0.1) is 0 Å². The van der Waals surface area contributed by atoms with Gasteiger partial charge >= 0.3 is 18.0 Å². The number of amides is 6. The van der Waals surface area contributed by atoms with Crippen LogP contribution in [-0.2, 0) is 60.6 Å². The van der Waals surface area contributed by atoms with E-state index in [4.69, 9.17) is 14.2 Å². The molecule has 73 heavy (non-hydrogen) atoms. The Bertz CT molecular complexity index is 2750. The fraction of sp³-hybridized carbons (Fsp3) is 0.538. The molecule has 0 aliphatic carbocycles. The maximum Gasteiger partial charge on any atom is 0.410 e. The lowest BCUT2D eigenvalue weighted by Gasteiger charge is -2.31. The van der Waals surface area contributed by atoms with E-state index >= 15 is 8.78 Å². The average Bonchev–Trinajstić information content (AvgIpc) is 4.10. The molecule has 6 unspecified atom stereocenters. The average molecular weight is 1020 g/mol. The smallest absolute Gasteiger partial charge is 0.410 e. The molecule has 396 valence electrons. The first-order valence-electron chi connectivity index (χ1n) is 24.6. The second kappa shape index (κ2) is 22.8. The van der Waals surface area contributed by atoms with Crippen LogP contribution in [0.2, 0.25) is 0 Å². The molecule has 8 atom stereocenters. The highest BCUT2D eigenvalue weighted by molar-refractivity contribution is 5.97. The molecule has 2 aromatic heterocycles. The van der Waals surface area contributed by atoms with Crippen LogP contribution in [0.5, 0.6) is 0 Å². The highest BCUT2D eigenvalue weighted by Gasteiger charge is 2.43. The standard InChI is InChI=1S/C52H68F2N8O11/c1-12-41(57-47(66)27(3)59(10)26-63)49(68)61-24-35(71-29(5)64)20-33(61)22-39-37-16-14-31(53)18-43(37)55-45(39)46-40(38-17-15-32(54)19-44(38)56-46)23-34-21-36(72-30(6)65)25-62(34)50(69)42(13-2)58-48(67)28(4)60(11)51(70)73-52(7,8)9/h14-19,26-28,33-36,41-42,55-56H,12-13,20-25H2,1-11H3,(H,57,66)(H,58,67)/t27-,28-,33?,34?,35?,36?,41?,42?/m0/s1. The van der Waals surface area contributed by atoms with Crippen molar-refractivity contribution in [3.8, 4) is 11.4 Å². The van der Waals surface area contributed by atoms with Gasteiger partial charge in [0.25, 0.3) is 0 Å². The van der Waals surface area contributed by atoms with E-state index < -0.39 is 107 Å². The van der Waals surface area contributed by atoms with E-state index in [0.717, 1.165) is 4.90 Å². The summed E-state index contributed by atoms with van der Waals surface area (Å²) in [6.07, 6.45) is -0.625. The Labute approximate surface area is 422 Å². The number of nitrogens with zero attached hydrogens (tertiary/aromatic N) is 4. The van der Waals surface area contributed by atoms with Crippen LogP contribution >= 0.6 is 0 Å². The number of benzene rings is 2. The minimum absolute atomic E-state index is 0.00695. The molecule has 0 radical (unpaired) electrons. The molecular formula is C52H68F2N8O11. The number of carbonyl (C=O) groups is 8. The molecule has 2 fully saturated rings. The molecule has 0 bridgehead atoms. The first-order chi connectivity index (χ1) is 34.3. The molecule has 2 aromatic carbocycles. The summed E-state index contributed by atoms with van der Waals surface area (Å²) in [6.45, 7) is 14.2. The van der Waals surface area contributed by atoms with Gasteiger partial charge in [-0.1, -0.05) is 13.8 Å². The number of halogens is 2. The van der Waals surface area contributed by atoms with Crippen LogP contribution in [0, 0.1) is 11.6 Å². The zero-order valence-corrected chi connectivity index (χ0v) is 43.4. The normalized spacial score (nSPS) is 19.5. The number of aromatic amines is 2. The van der Waals surface area contributed by atoms with Crippen molar-refractivity contribution in [1.29, 1.82) is 0 Å². The van der Waals surface area contributed by atoms with E-state index in [2.05, 4.69) is 20.6 Å². The number of aromatic nitrogens is 2. The van der Waals surface area contributed by atoms with E-state index in [1.165, 1.54) is 71.0 Å². The minimum atomic E-state index is -1.05. The van der Waals surface area contributed by atoms with Gasteiger partial charge in [0.05, 0.1) is 24.5 Å². The molecule has 4 heterocycles. The monoisotopic (exact) mass is 1020 g/mol. The zero-order valence-electron chi connectivity index (χ0n) is 43.4. The lowest BCUT2D eigenvalue weighted by Crippen LogP contribution is -2.55. The predicted octanol–water partition coefficient (Wildman–Crippen LogP) is 5.27. The summed E-state index contributed by atoms with van der Waals surface area (Å²) < 4.78 is 47.0. The topological polar surface area (TPSA) is 233 Å². The Morgan fingerprint density at radius 2 is 1.14 bits per heavy atom. The van der Waals surface area contributed by atoms with Gasteiger partial charge in [0.2, 0.25) is 30.0 Å². The highest BCUT2D eigenvalue weighted by Crippen LogP contribution is 2.40. The van der Waals surface area contributed by atoms with Gasteiger partial charge in [-0.05, 0) is 108 Å². The van der Waals surface area contributed by atoms with Gasteiger partial charge in [-0.3, -0.25) is 38.5 Å². The number of esters is 2. The van der Waals surface area contributed by atoms with Crippen molar-refractivity contribution in [3.05, 3.63) is 59.2 Å². The molecule has 2 aliphatic heterocycles. The summed E-state index contributed by atoms with van der Waals surface area (Å²) in [5, 5.41) is 6.78. The molecule has 0 saturated carbocycles. The molecule has 6 amide bonds. The first kappa shape index (κ1) is 55.3. The number of nitrogens with one attached hydrogen (secondary N) is 4. The number of hydrogen-bond acceptors (Lipinski definition) is 11. The molecule has 19 nitrogen and oxygen atoms in total. The minimum Gasteiger partial charge on any atom is -0.461 e. The summed E-state index contributed by atoms with van der Waals surface area (Å²) in [6, 6.07) is 3.25. The molecule has 21 heteroatoms. The number of H-pyrrole nitrogens is 2. The quantitative estimate of drug-likeness (QED) is 0.0570. The number of likely N-dealkylation sites (N-methyl/N-ethyl adjacent to an activating group) is 2. The number of carbonyl (C=O) groups excluding carboxylic acids is 8. The summed E-state index contributed by atoms with van der Waals surface area (Å²) in [7, 11) is 2.87. The largest absolute Gasteiger partial charge is 0.461 e.